The molecule has 0 aliphatic heterocycles. The van der Waals surface area contributed by atoms with E-state index in [0.29, 0.717) is 0 Å². The maximum atomic E-state index is 11.7. The van der Waals surface area contributed by atoms with Crippen LogP contribution in [0.4, 0.5) is 0 Å². The highest BCUT2D eigenvalue weighted by molar-refractivity contribution is 6.46. The maximum absolute atomic E-state index is 11.7. The summed E-state index contributed by atoms with van der Waals surface area (Å²) in [5.41, 5.74) is 0.807. The summed E-state index contributed by atoms with van der Waals surface area (Å²) in [7, 11) is -0.992. The molecule has 6 nitrogen and oxygen atoms in total. The van der Waals surface area contributed by atoms with E-state index < -0.39 is 31.5 Å². The number of carboxylic acid groups (broad SMARTS) is 1. The van der Waals surface area contributed by atoms with Crippen LogP contribution in [0, 0.1) is 0 Å². The Balaban J connectivity index is 2.54. The molecule has 19 heavy (non-hydrogen) atoms. The Hall–Kier alpha value is -1.86. The monoisotopic (exact) mass is 265 g/mol. The zero-order valence-corrected chi connectivity index (χ0v) is 10.6. The van der Waals surface area contributed by atoms with Gasteiger partial charge in [-0.05, 0) is 12.4 Å². The van der Waals surface area contributed by atoms with Gasteiger partial charge in [-0.1, -0.05) is 30.3 Å². The normalized spacial score (nSPS) is 11.7. The lowest BCUT2D eigenvalue weighted by Gasteiger charge is -2.16. The Kier molecular flexibility index (Phi) is 6.04. The molecule has 1 unspecified atom stereocenters. The summed E-state index contributed by atoms with van der Waals surface area (Å²) in [5.74, 6) is -1.85. The van der Waals surface area contributed by atoms with Crippen LogP contribution in [-0.4, -0.2) is 35.2 Å². The molecule has 0 saturated carbocycles. The van der Waals surface area contributed by atoms with E-state index >= 15 is 0 Å². The molecule has 0 spiro atoms. The van der Waals surface area contributed by atoms with Crippen LogP contribution in [0.1, 0.15) is 12.0 Å². The minimum absolute atomic E-state index is 0.0667. The van der Waals surface area contributed by atoms with Crippen molar-refractivity contribution in [2.24, 2.45) is 0 Å². The van der Waals surface area contributed by atoms with Crippen LogP contribution in [0.15, 0.2) is 30.3 Å². The molecular weight excluding hydrogens is 249 g/mol. The Labute approximate surface area is 111 Å². The summed E-state index contributed by atoms with van der Waals surface area (Å²) in [6.07, 6.45) is -0.446. The van der Waals surface area contributed by atoms with Gasteiger partial charge in [-0.2, -0.15) is 0 Å². The van der Waals surface area contributed by atoms with Crippen LogP contribution in [0.3, 0.4) is 0 Å². The topological polar surface area (TPSA) is 95.9 Å². The summed E-state index contributed by atoms with van der Waals surface area (Å²) in [4.78, 5) is 22.4. The molecule has 0 fully saturated rings. The lowest BCUT2D eigenvalue weighted by molar-refractivity contribution is -0.151. The van der Waals surface area contributed by atoms with Crippen molar-refractivity contribution in [1.82, 2.24) is 5.23 Å². The van der Waals surface area contributed by atoms with Gasteiger partial charge in [0.05, 0.1) is 6.42 Å². The van der Waals surface area contributed by atoms with Crippen LogP contribution >= 0.6 is 0 Å². The van der Waals surface area contributed by atoms with Gasteiger partial charge < -0.3 is 20.1 Å². The molecule has 0 aliphatic rings. The standard InChI is InChI=1S/C12H16BNO5/c1-13(18)14-10(7-11(15)16)12(17)19-8-9-5-3-2-4-6-9/h2-6,10,14,18H,7-8H2,1H3,(H,15,16). The number of ether oxygens (including phenoxy) is 1. The van der Waals surface area contributed by atoms with Crippen molar-refractivity contribution in [3.05, 3.63) is 35.9 Å². The van der Waals surface area contributed by atoms with E-state index in [-0.39, 0.29) is 6.61 Å². The molecule has 1 aromatic carbocycles. The van der Waals surface area contributed by atoms with Crippen molar-refractivity contribution >= 4 is 19.0 Å². The van der Waals surface area contributed by atoms with Gasteiger partial charge in [0.15, 0.2) is 0 Å². The highest BCUT2D eigenvalue weighted by atomic mass is 16.5. The van der Waals surface area contributed by atoms with E-state index in [2.05, 4.69) is 5.23 Å². The number of hydrogen-bond acceptors (Lipinski definition) is 5. The zero-order chi connectivity index (χ0) is 14.3. The smallest absolute Gasteiger partial charge is 0.374 e. The number of rotatable bonds is 7. The van der Waals surface area contributed by atoms with Gasteiger partial charge in [0.25, 0.3) is 0 Å². The number of carbonyl (C=O) groups is 2. The number of esters is 1. The number of hydrogen-bond donors (Lipinski definition) is 3. The second kappa shape index (κ2) is 7.55. The van der Waals surface area contributed by atoms with E-state index in [1.54, 1.807) is 12.1 Å². The van der Waals surface area contributed by atoms with Crippen molar-refractivity contribution in [3.63, 3.8) is 0 Å². The van der Waals surface area contributed by atoms with Gasteiger partial charge in [0.2, 0.25) is 0 Å². The van der Waals surface area contributed by atoms with Crippen molar-refractivity contribution in [3.8, 4) is 0 Å². The van der Waals surface area contributed by atoms with Gasteiger partial charge in [-0.3, -0.25) is 9.59 Å². The molecule has 1 atom stereocenters. The molecule has 0 saturated heterocycles. The average molecular weight is 265 g/mol. The van der Waals surface area contributed by atoms with Gasteiger partial charge in [0.1, 0.15) is 12.6 Å². The Morgan fingerprint density at radius 2 is 2.00 bits per heavy atom. The third-order valence-corrected chi connectivity index (χ3v) is 2.33. The minimum Gasteiger partial charge on any atom is -0.481 e. The first-order chi connectivity index (χ1) is 8.99. The van der Waals surface area contributed by atoms with Crippen molar-refractivity contribution < 1.29 is 24.5 Å². The van der Waals surface area contributed by atoms with Gasteiger partial charge in [0, 0.05) is 0 Å². The number of nitrogens with one attached hydrogen (secondary N) is 1. The van der Waals surface area contributed by atoms with Crippen molar-refractivity contribution in [2.75, 3.05) is 0 Å². The summed E-state index contributed by atoms with van der Waals surface area (Å²) in [5, 5.41) is 20.3. The lowest BCUT2D eigenvalue weighted by Crippen LogP contribution is -2.46. The molecule has 1 aromatic rings. The van der Waals surface area contributed by atoms with E-state index in [4.69, 9.17) is 14.9 Å². The van der Waals surface area contributed by atoms with E-state index in [9.17, 15) is 9.59 Å². The fourth-order valence-corrected chi connectivity index (χ4v) is 1.51. The molecule has 0 radical (unpaired) electrons. The second-order valence-electron chi connectivity index (χ2n) is 4.09. The third kappa shape index (κ3) is 6.03. The number of benzene rings is 1. The Bertz CT molecular complexity index is 423. The molecule has 0 aromatic heterocycles. The highest BCUT2D eigenvalue weighted by Gasteiger charge is 2.25. The van der Waals surface area contributed by atoms with Crippen LogP contribution in [0.5, 0.6) is 0 Å². The minimum atomic E-state index is -1.14. The quantitative estimate of drug-likeness (QED) is 0.484. The number of carbonyl (C=O) groups excluding carboxylic acids is 1. The second-order valence-corrected chi connectivity index (χ2v) is 4.09. The summed E-state index contributed by atoms with van der Waals surface area (Å²) >= 11 is 0. The first kappa shape index (κ1) is 15.2. The Morgan fingerprint density at radius 1 is 1.37 bits per heavy atom. The van der Waals surface area contributed by atoms with E-state index in [1.165, 1.54) is 6.82 Å². The van der Waals surface area contributed by atoms with Crippen LogP contribution < -0.4 is 5.23 Å². The summed E-state index contributed by atoms with van der Waals surface area (Å²) in [6.45, 7) is 1.47. The van der Waals surface area contributed by atoms with Crippen molar-refractivity contribution in [2.45, 2.75) is 25.9 Å². The largest absolute Gasteiger partial charge is 0.481 e. The zero-order valence-electron chi connectivity index (χ0n) is 10.6. The lowest BCUT2D eigenvalue weighted by atomic mass is 9.87. The maximum Gasteiger partial charge on any atom is 0.374 e. The summed E-state index contributed by atoms with van der Waals surface area (Å²) < 4.78 is 5.02. The molecule has 0 bridgehead atoms. The first-order valence-electron chi connectivity index (χ1n) is 5.85. The van der Waals surface area contributed by atoms with Crippen LogP contribution in [0.2, 0.25) is 6.82 Å². The third-order valence-electron chi connectivity index (χ3n) is 2.33. The molecule has 102 valence electrons. The first-order valence-corrected chi connectivity index (χ1v) is 5.85. The molecule has 0 amide bonds. The molecule has 7 heteroatoms. The fourth-order valence-electron chi connectivity index (χ4n) is 1.51. The SMILES string of the molecule is CB(O)NC(CC(=O)O)C(=O)OCc1ccccc1. The molecule has 1 rings (SSSR count). The van der Waals surface area contributed by atoms with E-state index in [0.717, 1.165) is 5.56 Å². The molecule has 0 aliphatic carbocycles. The Morgan fingerprint density at radius 3 is 2.53 bits per heavy atom. The van der Waals surface area contributed by atoms with Crippen LogP contribution in [-0.2, 0) is 20.9 Å². The van der Waals surface area contributed by atoms with Crippen LogP contribution in [0.25, 0.3) is 0 Å². The molecule has 0 heterocycles. The van der Waals surface area contributed by atoms with Crippen molar-refractivity contribution in [1.29, 1.82) is 0 Å². The highest BCUT2D eigenvalue weighted by Crippen LogP contribution is 2.04. The van der Waals surface area contributed by atoms with E-state index in [1.807, 2.05) is 18.2 Å². The average Bonchev–Trinajstić information content (AvgIpc) is 2.35. The van der Waals surface area contributed by atoms with Gasteiger partial charge in [-0.15, -0.1) is 0 Å². The summed E-state index contributed by atoms with van der Waals surface area (Å²) in [6, 6.07) is 7.98. The predicted octanol–water partition coefficient (Wildman–Crippen LogP) is 0.273. The number of aliphatic carboxylic acids is 1. The van der Waals surface area contributed by atoms with Gasteiger partial charge >= 0.3 is 19.0 Å². The predicted molar refractivity (Wildman–Crippen MR) is 69.3 cm³/mol. The van der Waals surface area contributed by atoms with Gasteiger partial charge in [-0.25, -0.2) is 0 Å². The molecule has 3 N–H and O–H groups in total. The fraction of sp³-hybridized carbons (Fsp3) is 0.333. The number of carboxylic acids is 1. The molecular formula is C12H16BNO5.